The van der Waals surface area contributed by atoms with Crippen molar-refractivity contribution in [1.82, 2.24) is 0 Å². The van der Waals surface area contributed by atoms with Crippen LogP contribution in [0.25, 0.3) is 0 Å². The first-order chi connectivity index (χ1) is 8.34. The third-order valence-electron chi connectivity index (χ3n) is 3.61. The van der Waals surface area contributed by atoms with Crippen LogP contribution in [0.5, 0.6) is 0 Å². The highest BCUT2D eigenvalue weighted by molar-refractivity contribution is 5.71. The standard InChI is InChI=1S/C13H17F3N2/c1-3-12(2)7-17-10-5-4-9(13(14,15)16)6-11(10)18-8-12/h4-6,17-18H,3,7-8H2,1-2H3. The Morgan fingerprint density at radius 1 is 1.17 bits per heavy atom. The van der Waals surface area contributed by atoms with E-state index in [0.29, 0.717) is 12.2 Å². The predicted octanol–water partition coefficient (Wildman–Crippen LogP) is 3.96. The number of nitrogens with one attached hydrogen (secondary N) is 2. The van der Waals surface area contributed by atoms with Gasteiger partial charge in [0.1, 0.15) is 0 Å². The molecule has 1 heterocycles. The van der Waals surface area contributed by atoms with Gasteiger partial charge in [-0.2, -0.15) is 13.2 Å². The summed E-state index contributed by atoms with van der Waals surface area (Å²) in [4.78, 5) is 0. The lowest BCUT2D eigenvalue weighted by Crippen LogP contribution is -2.30. The number of benzene rings is 1. The van der Waals surface area contributed by atoms with Crippen LogP contribution in [0.15, 0.2) is 18.2 Å². The second-order valence-electron chi connectivity index (χ2n) is 5.13. The van der Waals surface area contributed by atoms with Crippen molar-refractivity contribution in [2.75, 3.05) is 23.7 Å². The molecule has 1 aromatic carbocycles. The minimum Gasteiger partial charge on any atom is -0.383 e. The zero-order valence-electron chi connectivity index (χ0n) is 10.5. The molecule has 0 fully saturated rings. The molecule has 1 aliphatic rings. The van der Waals surface area contributed by atoms with Crippen LogP contribution in [0.2, 0.25) is 0 Å². The third kappa shape index (κ3) is 2.54. The van der Waals surface area contributed by atoms with Gasteiger partial charge in [0, 0.05) is 18.5 Å². The molecule has 0 radical (unpaired) electrons. The van der Waals surface area contributed by atoms with Gasteiger partial charge in [0.2, 0.25) is 0 Å². The van der Waals surface area contributed by atoms with Crippen LogP contribution in [0, 0.1) is 5.41 Å². The van der Waals surface area contributed by atoms with Crippen LogP contribution in [0.3, 0.4) is 0 Å². The summed E-state index contributed by atoms with van der Waals surface area (Å²) in [5, 5.41) is 6.33. The summed E-state index contributed by atoms with van der Waals surface area (Å²) in [6.45, 7) is 5.63. The summed E-state index contributed by atoms with van der Waals surface area (Å²) >= 11 is 0. The lowest BCUT2D eigenvalue weighted by atomic mass is 9.88. The number of fused-ring (bicyclic) bond motifs is 1. The molecule has 1 aromatic rings. The van der Waals surface area contributed by atoms with Crippen molar-refractivity contribution in [2.24, 2.45) is 5.41 Å². The van der Waals surface area contributed by atoms with Gasteiger partial charge in [-0.25, -0.2) is 0 Å². The molecule has 2 nitrogen and oxygen atoms in total. The molecule has 2 N–H and O–H groups in total. The molecule has 0 bridgehead atoms. The van der Waals surface area contributed by atoms with Crippen LogP contribution >= 0.6 is 0 Å². The Kier molecular flexibility index (Phi) is 3.17. The maximum Gasteiger partial charge on any atom is 0.416 e. The molecule has 1 atom stereocenters. The maximum atomic E-state index is 12.6. The Bertz CT molecular complexity index is 442. The highest BCUT2D eigenvalue weighted by atomic mass is 19.4. The second-order valence-corrected chi connectivity index (χ2v) is 5.13. The maximum absolute atomic E-state index is 12.6. The van der Waals surface area contributed by atoms with E-state index in [0.717, 1.165) is 24.7 Å². The van der Waals surface area contributed by atoms with Gasteiger partial charge in [-0.05, 0) is 24.6 Å². The lowest BCUT2D eigenvalue weighted by Gasteiger charge is -2.26. The minimum absolute atomic E-state index is 0.0530. The quantitative estimate of drug-likeness (QED) is 0.796. The number of hydrogen-bond acceptors (Lipinski definition) is 2. The third-order valence-corrected chi connectivity index (χ3v) is 3.61. The molecule has 18 heavy (non-hydrogen) atoms. The van der Waals surface area contributed by atoms with E-state index in [-0.39, 0.29) is 5.41 Å². The first-order valence-electron chi connectivity index (χ1n) is 6.03. The predicted molar refractivity (Wildman–Crippen MR) is 66.8 cm³/mol. The van der Waals surface area contributed by atoms with Gasteiger partial charge >= 0.3 is 6.18 Å². The van der Waals surface area contributed by atoms with Crippen molar-refractivity contribution in [3.63, 3.8) is 0 Å². The first-order valence-corrected chi connectivity index (χ1v) is 6.03. The Morgan fingerprint density at radius 2 is 1.78 bits per heavy atom. The number of rotatable bonds is 1. The van der Waals surface area contributed by atoms with Crippen molar-refractivity contribution >= 4 is 11.4 Å². The molecular formula is C13H17F3N2. The molecule has 0 aromatic heterocycles. The van der Waals surface area contributed by atoms with Crippen LogP contribution in [0.1, 0.15) is 25.8 Å². The van der Waals surface area contributed by atoms with E-state index in [2.05, 4.69) is 24.5 Å². The number of alkyl halides is 3. The van der Waals surface area contributed by atoms with Gasteiger partial charge in [0.15, 0.2) is 0 Å². The van der Waals surface area contributed by atoms with E-state index >= 15 is 0 Å². The van der Waals surface area contributed by atoms with E-state index in [1.54, 1.807) is 0 Å². The summed E-state index contributed by atoms with van der Waals surface area (Å²) in [5.74, 6) is 0. The zero-order chi connectivity index (χ0) is 13.4. The molecule has 0 spiro atoms. The van der Waals surface area contributed by atoms with Gasteiger partial charge in [0.05, 0.1) is 16.9 Å². The summed E-state index contributed by atoms with van der Waals surface area (Å²) in [5.41, 5.74) is 0.704. The highest BCUT2D eigenvalue weighted by Crippen LogP contribution is 2.36. The van der Waals surface area contributed by atoms with Gasteiger partial charge < -0.3 is 10.6 Å². The monoisotopic (exact) mass is 258 g/mol. The van der Waals surface area contributed by atoms with E-state index in [9.17, 15) is 13.2 Å². The smallest absolute Gasteiger partial charge is 0.383 e. The number of hydrogen-bond donors (Lipinski definition) is 2. The van der Waals surface area contributed by atoms with E-state index < -0.39 is 11.7 Å². The Hall–Kier alpha value is -1.39. The minimum atomic E-state index is -4.29. The van der Waals surface area contributed by atoms with E-state index in [4.69, 9.17) is 0 Å². The second kappa shape index (κ2) is 4.37. The van der Waals surface area contributed by atoms with Crippen molar-refractivity contribution in [1.29, 1.82) is 0 Å². The van der Waals surface area contributed by atoms with Crippen molar-refractivity contribution in [2.45, 2.75) is 26.4 Å². The average Bonchev–Trinajstić information content (AvgIpc) is 2.49. The molecule has 1 aliphatic heterocycles. The molecule has 2 rings (SSSR count). The van der Waals surface area contributed by atoms with Crippen LogP contribution in [-0.2, 0) is 6.18 Å². The number of halogens is 3. The Morgan fingerprint density at radius 3 is 2.33 bits per heavy atom. The van der Waals surface area contributed by atoms with Gasteiger partial charge in [0.25, 0.3) is 0 Å². The lowest BCUT2D eigenvalue weighted by molar-refractivity contribution is -0.137. The van der Waals surface area contributed by atoms with Gasteiger partial charge in [-0.3, -0.25) is 0 Å². The molecule has 0 saturated carbocycles. The fraction of sp³-hybridized carbons (Fsp3) is 0.538. The summed E-state index contributed by atoms with van der Waals surface area (Å²) in [7, 11) is 0. The fourth-order valence-electron chi connectivity index (χ4n) is 1.95. The fourth-order valence-corrected chi connectivity index (χ4v) is 1.95. The molecular weight excluding hydrogens is 241 g/mol. The highest BCUT2D eigenvalue weighted by Gasteiger charge is 2.32. The van der Waals surface area contributed by atoms with Crippen molar-refractivity contribution in [3.8, 4) is 0 Å². The molecule has 0 aliphatic carbocycles. The van der Waals surface area contributed by atoms with Crippen molar-refractivity contribution in [3.05, 3.63) is 23.8 Å². The van der Waals surface area contributed by atoms with Crippen LogP contribution in [0.4, 0.5) is 24.5 Å². The van der Waals surface area contributed by atoms with Crippen LogP contribution < -0.4 is 10.6 Å². The molecule has 0 amide bonds. The summed E-state index contributed by atoms with van der Waals surface area (Å²) in [6.07, 6.45) is -3.33. The largest absolute Gasteiger partial charge is 0.416 e. The summed E-state index contributed by atoms with van der Waals surface area (Å²) in [6, 6.07) is 3.78. The van der Waals surface area contributed by atoms with Gasteiger partial charge in [-0.1, -0.05) is 13.8 Å². The topological polar surface area (TPSA) is 24.1 Å². The zero-order valence-corrected chi connectivity index (χ0v) is 10.5. The molecule has 0 saturated heterocycles. The summed E-state index contributed by atoms with van der Waals surface area (Å²) < 4.78 is 37.9. The van der Waals surface area contributed by atoms with E-state index in [1.807, 2.05) is 0 Å². The normalized spacial score (nSPS) is 23.6. The molecule has 100 valence electrons. The number of anilines is 2. The van der Waals surface area contributed by atoms with Gasteiger partial charge in [-0.15, -0.1) is 0 Å². The SMILES string of the molecule is CCC1(C)CNc2ccc(C(F)(F)F)cc2NC1. The Balaban J connectivity index is 2.29. The van der Waals surface area contributed by atoms with E-state index in [1.165, 1.54) is 12.1 Å². The van der Waals surface area contributed by atoms with Crippen LogP contribution in [-0.4, -0.2) is 13.1 Å². The first kappa shape index (κ1) is 13.1. The average molecular weight is 258 g/mol. The molecule has 5 heteroatoms. The van der Waals surface area contributed by atoms with Crippen molar-refractivity contribution < 1.29 is 13.2 Å². The molecule has 1 unspecified atom stereocenters. The Labute approximate surface area is 105 Å².